The first-order valence-electron chi connectivity index (χ1n) is 14.9. The number of methoxy groups -OCH3 is 1. The molecule has 0 spiro atoms. The third-order valence-corrected chi connectivity index (χ3v) is 9.23. The van der Waals surface area contributed by atoms with Crippen LogP contribution in [0.2, 0.25) is 0 Å². The SMILES string of the molecule is C=CCc1cc(C2C3=C(CC(C)(C)CC3=O)N(CC)C3=C2C(=O)CC(C)(C)C3)cc(OC)c1OCc1ccc(Br)cc1. The Morgan fingerprint density at radius 2 is 1.52 bits per heavy atom. The lowest BCUT2D eigenvalue weighted by Gasteiger charge is -2.49. The molecule has 5 nitrogen and oxygen atoms in total. The number of carbonyl (C=O) groups excluding carboxylic acids is 2. The first-order chi connectivity index (χ1) is 19.9. The third kappa shape index (κ3) is 5.75. The highest BCUT2D eigenvalue weighted by Crippen LogP contribution is 2.55. The summed E-state index contributed by atoms with van der Waals surface area (Å²) in [7, 11) is 1.64. The van der Waals surface area contributed by atoms with Crippen molar-refractivity contribution in [2.24, 2.45) is 10.8 Å². The maximum atomic E-state index is 14.0. The number of allylic oxidation sites excluding steroid dienone is 5. The van der Waals surface area contributed by atoms with Crippen molar-refractivity contribution >= 4 is 27.5 Å². The van der Waals surface area contributed by atoms with E-state index in [0.29, 0.717) is 37.4 Å². The van der Waals surface area contributed by atoms with Gasteiger partial charge < -0.3 is 14.4 Å². The van der Waals surface area contributed by atoms with Crippen LogP contribution in [0.3, 0.4) is 0 Å². The Kier molecular flexibility index (Phi) is 8.32. The highest BCUT2D eigenvalue weighted by molar-refractivity contribution is 9.10. The van der Waals surface area contributed by atoms with Crippen molar-refractivity contribution in [3.8, 4) is 11.5 Å². The van der Waals surface area contributed by atoms with Gasteiger partial charge in [-0.2, -0.15) is 0 Å². The number of ketones is 2. The number of ether oxygens (including phenoxy) is 2. The molecule has 1 aliphatic heterocycles. The summed E-state index contributed by atoms with van der Waals surface area (Å²) < 4.78 is 13.3. The first-order valence-corrected chi connectivity index (χ1v) is 15.7. The molecule has 0 unspecified atom stereocenters. The predicted octanol–water partition coefficient (Wildman–Crippen LogP) is 8.47. The van der Waals surface area contributed by atoms with Gasteiger partial charge in [0.05, 0.1) is 7.11 Å². The molecule has 0 saturated heterocycles. The van der Waals surface area contributed by atoms with Gasteiger partial charge in [0.25, 0.3) is 0 Å². The second-order valence-corrected chi connectivity index (χ2v) is 14.3. The summed E-state index contributed by atoms with van der Waals surface area (Å²) in [5.41, 5.74) is 6.28. The fourth-order valence-corrected chi connectivity index (χ4v) is 7.24. The molecule has 0 aromatic heterocycles. The van der Waals surface area contributed by atoms with Gasteiger partial charge in [0.2, 0.25) is 0 Å². The number of halogens is 1. The fourth-order valence-electron chi connectivity index (χ4n) is 6.97. The normalized spacial score (nSPS) is 19.9. The van der Waals surface area contributed by atoms with E-state index in [4.69, 9.17) is 9.47 Å². The van der Waals surface area contributed by atoms with Crippen LogP contribution < -0.4 is 9.47 Å². The van der Waals surface area contributed by atoms with Crippen LogP contribution in [0.1, 0.15) is 82.9 Å². The zero-order valence-electron chi connectivity index (χ0n) is 25.7. The maximum Gasteiger partial charge on any atom is 0.165 e. The molecular weight excluding hydrogens is 590 g/mol. The summed E-state index contributed by atoms with van der Waals surface area (Å²) in [6.45, 7) is 15.9. The number of Topliss-reactive ketones (excluding diaryl/α,β-unsaturated/α-hetero) is 2. The summed E-state index contributed by atoms with van der Waals surface area (Å²) in [4.78, 5) is 30.3. The van der Waals surface area contributed by atoms with Crippen molar-refractivity contribution in [2.75, 3.05) is 13.7 Å². The summed E-state index contributed by atoms with van der Waals surface area (Å²) in [5.74, 6) is 1.09. The molecule has 222 valence electrons. The summed E-state index contributed by atoms with van der Waals surface area (Å²) >= 11 is 3.49. The minimum absolute atomic E-state index is 0.133. The van der Waals surface area contributed by atoms with Crippen LogP contribution in [-0.4, -0.2) is 30.1 Å². The lowest BCUT2D eigenvalue weighted by Crippen LogP contribution is -2.44. The van der Waals surface area contributed by atoms with Gasteiger partial charge in [-0.15, -0.1) is 6.58 Å². The van der Waals surface area contributed by atoms with E-state index in [2.05, 4.69) is 68.1 Å². The highest BCUT2D eigenvalue weighted by Gasteiger charge is 2.48. The molecule has 0 radical (unpaired) electrons. The summed E-state index contributed by atoms with van der Waals surface area (Å²) in [5, 5.41) is 0. The van der Waals surface area contributed by atoms with Crippen LogP contribution in [0.5, 0.6) is 11.5 Å². The van der Waals surface area contributed by atoms with E-state index in [1.54, 1.807) is 7.11 Å². The minimum atomic E-state index is -0.428. The second kappa shape index (κ2) is 11.5. The Bertz CT molecular complexity index is 1440. The van der Waals surface area contributed by atoms with Gasteiger partial charge in [-0.05, 0) is 66.3 Å². The van der Waals surface area contributed by atoms with E-state index >= 15 is 0 Å². The van der Waals surface area contributed by atoms with Gasteiger partial charge in [-0.25, -0.2) is 0 Å². The van der Waals surface area contributed by atoms with Gasteiger partial charge in [-0.3, -0.25) is 9.59 Å². The number of nitrogens with zero attached hydrogens (tertiary/aromatic N) is 1. The fraction of sp³-hybridized carbons (Fsp3) is 0.444. The van der Waals surface area contributed by atoms with Crippen molar-refractivity contribution in [1.82, 2.24) is 4.90 Å². The maximum absolute atomic E-state index is 14.0. The molecule has 0 amide bonds. The minimum Gasteiger partial charge on any atom is -0.493 e. The number of benzene rings is 2. The smallest absolute Gasteiger partial charge is 0.165 e. The average Bonchev–Trinajstić information content (AvgIpc) is 2.90. The van der Waals surface area contributed by atoms with Crippen molar-refractivity contribution in [1.29, 1.82) is 0 Å². The van der Waals surface area contributed by atoms with E-state index in [0.717, 1.165) is 63.1 Å². The highest BCUT2D eigenvalue weighted by atomic mass is 79.9. The van der Waals surface area contributed by atoms with E-state index in [1.807, 2.05) is 36.4 Å². The Balaban J connectivity index is 1.68. The first kappa shape index (κ1) is 30.3. The summed E-state index contributed by atoms with van der Waals surface area (Å²) in [6.07, 6.45) is 4.94. The molecule has 0 bridgehead atoms. The zero-order chi connectivity index (χ0) is 30.4. The molecule has 2 aliphatic carbocycles. The Morgan fingerprint density at radius 1 is 0.952 bits per heavy atom. The number of carbonyl (C=O) groups is 2. The molecule has 0 fully saturated rings. The van der Waals surface area contributed by atoms with Crippen LogP contribution in [0.15, 0.2) is 76.1 Å². The second-order valence-electron chi connectivity index (χ2n) is 13.4. The largest absolute Gasteiger partial charge is 0.493 e. The van der Waals surface area contributed by atoms with E-state index in [9.17, 15) is 9.59 Å². The van der Waals surface area contributed by atoms with Gasteiger partial charge >= 0.3 is 0 Å². The molecule has 6 heteroatoms. The number of hydrogen-bond donors (Lipinski definition) is 0. The van der Waals surface area contributed by atoms with Crippen LogP contribution >= 0.6 is 15.9 Å². The van der Waals surface area contributed by atoms with E-state index in [-0.39, 0.29) is 22.4 Å². The third-order valence-electron chi connectivity index (χ3n) is 8.71. The van der Waals surface area contributed by atoms with Gasteiger partial charge in [-0.1, -0.05) is 67.9 Å². The lowest BCUT2D eigenvalue weighted by molar-refractivity contribution is -0.119. The molecule has 2 aromatic carbocycles. The van der Waals surface area contributed by atoms with Crippen LogP contribution in [0, 0.1) is 10.8 Å². The van der Waals surface area contributed by atoms with Crippen molar-refractivity contribution in [3.63, 3.8) is 0 Å². The number of rotatable bonds is 8. The zero-order valence-corrected chi connectivity index (χ0v) is 27.3. The molecule has 42 heavy (non-hydrogen) atoms. The molecule has 0 saturated carbocycles. The van der Waals surface area contributed by atoms with Crippen molar-refractivity contribution < 1.29 is 19.1 Å². The van der Waals surface area contributed by atoms with Crippen molar-refractivity contribution in [3.05, 3.63) is 92.8 Å². The van der Waals surface area contributed by atoms with E-state index in [1.165, 1.54) is 0 Å². The topological polar surface area (TPSA) is 55.8 Å². The average molecular weight is 633 g/mol. The van der Waals surface area contributed by atoms with Crippen molar-refractivity contribution in [2.45, 2.75) is 79.2 Å². The Morgan fingerprint density at radius 3 is 2.02 bits per heavy atom. The molecule has 1 heterocycles. The van der Waals surface area contributed by atoms with Crippen LogP contribution in [0.4, 0.5) is 0 Å². The predicted molar refractivity (Wildman–Crippen MR) is 171 cm³/mol. The quantitative estimate of drug-likeness (QED) is 0.274. The molecule has 3 aliphatic rings. The van der Waals surface area contributed by atoms with Gasteiger partial charge in [0.15, 0.2) is 23.1 Å². The molecule has 0 atom stereocenters. The standard InChI is InChI=1S/C36H42BrNO4/c1-8-10-23-15-24(16-30(41-7)34(23)42-21-22-11-13-25(37)14-12-22)31-32-26(17-35(3,4)19-28(32)39)38(9-2)27-18-36(5,6)20-29(40)33(27)31/h8,11-16,31H,1,9-10,17-21H2,2-7H3. The summed E-state index contributed by atoms with van der Waals surface area (Å²) in [6, 6.07) is 12.1. The molecular formula is C36H42BrNO4. The van der Waals surface area contributed by atoms with E-state index < -0.39 is 5.92 Å². The van der Waals surface area contributed by atoms with Crippen LogP contribution in [0.25, 0.3) is 0 Å². The lowest BCUT2D eigenvalue weighted by atomic mass is 9.63. The number of hydrogen-bond acceptors (Lipinski definition) is 5. The molecule has 0 N–H and O–H groups in total. The molecule has 2 aromatic rings. The Hall–Kier alpha value is -3.12. The monoisotopic (exact) mass is 631 g/mol. The van der Waals surface area contributed by atoms with Gasteiger partial charge in [0, 0.05) is 57.9 Å². The molecule has 5 rings (SSSR count). The van der Waals surface area contributed by atoms with Crippen LogP contribution in [-0.2, 0) is 22.6 Å². The van der Waals surface area contributed by atoms with Gasteiger partial charge in [0.1, 0.15) is 6.61 Å². The Labute approximate surface area is 258 Å².